The molecule has 0 saturated heterocycles. The van der Waals surface area contributed by atoms with E-state index in [4.69, 9.17) is 4.74 Å². The highest BCUT2D eigenvalue weighted by molar-refractivity contribution is 5.99. The number of carbonyl (C=O) groups excluding carboxylic acids is 2. The number of benzene rings is 1. The second-order valence-corrected chi connectivity index (χ2v) is 4.84. The molecule has 0 aromatic heterocycles. The monoisotopic (exact) mass is 292 g/mol. The first kappa shape index (κ1) is 15.0. The van der Waals surface area contributed by atoms with Gasteiger partial charge in [-0.25, -0.2) is 4.79 Å². The van der Waals surface area contributed by atoms with E-state index in [-0.39, 0.29) is 11.9 Å². The lowest BCUT2D eigenvalue weighted by atomic mass is 10.1. The van der Waals surface area contributed by atoms with Crippen LogP contribution in [0.4, 0.5) is 10.5 Å². The van der Waals surface area contributed by atoms with Gasteiger partial charge in [0.1, 0.15) is 6.61 Å². The summed E-state index contributed by atoms with van der Waals surface area (Å²) in [6.07, 6.45) is 0. The Labute approximate surface area is 123 Å². The average molecular weight is 292 g/mol. The maximum absolute atomic E-state index is 12.2. The molecule has 7 heteroatoms. The number of urea groups is 1. The van der Waals surface area contributed by atoms with Crippen LogP contribution in [0.15, 0.2) is 18.2 Å². The summed E-state index contributed by atoms with van der Waals surface area (Å²) in [5.41, 5.74) is 1.33. The minimum Gasteiger partial charge on any atom is -0.489 e. The number of amides is 3. The Balaban J connectivity index is 1.88. The number of carbonyl (C=O) groups is 2. The van der Waals surface area contributed by atoms with Gasteiger partial charge in [-0.1, -0.05) is 6.07 Å². The van der Waals surface area contributed by atoms with Crippen LogP contribution in [0.2, 0.25) is 0 Å². The van der Waals surface area contributed by atoms with E-state index in [2.05, 4.69) is 16.0 Å². The van der Waals surface area contributed by atoms with Crippen molar-refractivity contribution in [3.8, 4) is 5.75 Å². The van der Waals surface area contributed by atoms with Crippen LogP contribution in [-0.2, 0) is 0 Å². The number of rotatable bonds is 4. The standard InChI is InChI=1S/C14H20N4O3/c1-18(2)14(20)17-7-6-16-13(19)10-4-3-5-11-12(10)21-9-8-15-11/h3-5,15H,6-9H2,1-2H3,(H,16,19)(H,17,20). The average Bonchev–Trinajstić information content (AvgIpc) is 2.50. The third kappa shape index (κ3) is 3.77. The molecule has 21 heavy (non-hydrogen) atoms. The van der Waals surface area contributed by atoms with Gasteiger partial charge in [0.15, 0.2) is 5.75 Å². The fourth-order valence-electron chi connectivity index (χ4n) is 1.95. The molecule has 0 unspecified atom stereocenters. The molecule has 0 spiro atoms. The summed E-state index contributed by atoms with van der Waals surface area (Å²) in [6.45, 7) is 2.00. The van der Waals surface area contributed by atoms with Crippen LogP contribution >= 0.6 is 0 Å². The van der Waals surface area contributed by atoms with Gasteiger partial charge in [0, 0.05) is 33.7 Å². The Morgan fingerprint density at radius 1 is 1.29 bits per heavy atom. The zero-order chi connectivity index (χ0) is 15.2. The van der Waals surface area contributed by atoms with E-state index in [0.29, 0.717) is 31.0 Å². The molecule has 1 aromatic carbocycles. The number of hydrogen-bond donors (Lipinski definition) is 3. The molecule has 1 aliphatic rings. The Morgan fingerprint density at radius 3 is 2.81 bits per heavy atom. The molecule has 3 amide bonds. The molecule has 2 rings (SSSR count). The van der Waals surface area contributed by atoms with E-state index in [0.717, 1.165) is 12.2 Å². The summed E-state index contributed by atoms with van der Waals surface area (Å²) < 4.78 is 5.55. The first-order valence-electron chi connectivity index (χ1n) is 6.82. The van der Waals surface area contributed by atoms with Crippen LogP contribution in [0, 0.1) is 0 Å². The first-order chi connectivity index (χ1) is 10.1. The van der Waals surface area contributed by atoms with Crippen molar-refractivity contribution < 1.29 is 14.3 Å². The zero-order valence-electron chi connectivity index (χ0n) is 12.2. The smallest absolute Gasteiger partial charge is 0.316 e. The number of nitrogens with zero attached hydrogens (tertiary/aromatic N) is 1. The third-order valence-corrected chi connectivity index (χ3v) is 3.02. The fourth-order valence-corrected chi connectivity index (χ4v) is 1.95. The Hall–Kier alpha value is -2.44. The summed E-state index contributed by atoms with van der Waals surface area (Å²) in [5, 5.41) is 8.63. The SMILES string of the molecule is CN(C)C(=O)NCCNC(=O)c1cccc2c1OCCN2. The molecular weight excluding hydrogens is 272 g/mol. The molecule has 7 nitrogen and oxygen atoms in total. The maximum atomic E-state index is 12.2. The van der Waals surface area contributed by atoms with Gasteiger partial charge in [-0.2, -0.15) is 0 Å². The van der Waals surface area contributed by atoms with Crippen molar-refractivity contribution in [2.75, 3.05) is 45.7 Å². The largest absolute Gasteiger partial charge is 0.489 e. The normalized spacial score (nSPS) is 12.5. The molecule has 0 saturated carbocycles. The number of anilines is 1. The van der Waals surface area contributed by atoms with Crippen LogP contribution in [0.3, 0.4) is 0 Å². The number of para-hydroxylation sites is 1. The van der Waals surface area contributed by atoms with Crippen molar-refractivity contribution in [2.45, 2.75) is 0 Å². The second kappa shape index (κ2) is 6.83. The lowest BCUT2D eigenvalue weighted by Crippen LogP contribution is -2.39. The van der Waals surface area contributed by atoms with Gasteiger partial charge in [0.05, 0.1) is 11.3 Å². The molecule has 0 radical (unpaired) electrons. The fraction of sp³-hybridized carbons (Fsp3) is 0.429. The molecule has 0 bridgehead atoms. The van der Waals surface area contributed by atoms with Gasteiger partial charge in [-0.05, 0) is 12.1 Å². The summed E-state index contributed by atoms with van der Waals surface area (Å²) in [5.74, 6) is 0.369. The minimum atomic E-state index is -0.213. The van der Waals surface area contributed by atoms with Crippen molar-refractivity contribution in [1.82, 2.24) is 15.5 Å². The Morgan fingerprint density at radius 2 is 2.05 bits per heavy atom. The number of ether oxygens (including phenoxy) is 1. The van der Waals surface area contributed by atoms with Gasteiger partial charge < -0.3 is 25.6 Å². The highest BCUT2D eigenvalue weighted by Gasteiger charge is 2.18. The van der Waals surface area contributed by atoms with Gasteiger partial charge in [0.2, 0.25) is 0 Å². The van der Waals surface area contributed by atoms with E-state index >= 15 is 0 Å². The van der Waals surface area contributed by atoms with Gasteiger partial charge in [0.25, 0.3) is 5.91 Å². The quantitative estimate of drug-likeness (QED) is 0.705. The second-order valence-electron chi connectivity index (χ2n) is 4.84. The topological polar surface area (TPSA) is 82.7 Å². The van der Waals surface area contributed by atoms with E-state index in [1.165, 1.54) is 4.90 Å². The highest BCUT2D eigenvalue weighted by atomic mass is 16.5. The third-order valence-electron chi connectivity index (χ3n) is 3.02. The summed E-state index contributed by atoms with van der Waals surface area (Å²) >= 11 is 0. The highest BCUT2D eigenvalue weighted by Crippen LogP contribution is 2.30. The minimum absolute atomic E-state index is 0.186. The van der Waals surface area contributed by atoms with Crippen molar-refractivity contribution in [1.29, 1.82) is 0 Å². The van der Waals surface area contributed by atoms with Crippen LogP contribution in [0.1, 0.15) is 10.4 Å². The zero-order valence-corrected chi connectivity index (χ0v) is 12.2. The summed E-state index contributed by atoms with van der Waals surface area (Å²) in [7, 11) is 3.32. The molecule has 0 atom stereocenters. The van der Waals surface area contributed by atoms with E-state index in [9.17, 15) is 9.59 Å². The molecular formula is C14H20N4O3. The lowest BCUT2D eigenvalue weighted by molar-refractivity contribution is 0.0949. The predicted molar refractivity (Wildman–Crippen MR) is 79.8 cm³/mol. The van der Waals surface area contributed by atoms with E-state index in [1.54, 1.807) is 20.2 Å². The predicted octanol–water partition coefficient (Wildman–Crippen LogP) is 0.492. The molecule has 0 aliphatic carbocycles. The first-order valence-corrected chi connectivity index (χ1v) is 6.82. The van der Waals surface area contributed by atoms with Gasteiger partial charge in [-0.3, -0.25) is 4.79 Å². The summed E-state index contributed by atoms with van der Waals surface area (Å²) in [4.78, 5) is 24.9. The van der Waals surface area contributed by atoms with Crippen LogP contribution in [0.25, 0.3) is 0 Å². The Bertz CT molecular complexity index is 531. The number of nitrogens with one attached hydrogen (secondary N) is 3. The van der Waals surface area contributed by atoms with E-state index < -0.39 is 0 Å². The molecule has 0 fully saturated rings. The van der Waals surface area contributed by atoms with Crippen molar-refractivity contribution >= 4 is 17.6 Å². The van der Waals surface area contributed by atoms with Crippen LogP contribution < -0.4 is 20.7 Å². The number of fused-ring (bicyclic) bond motifs is 1. The molecule has 1 heterocycles. The van der Waals surface area contributed by atoms with E-state index in [1.807, 2.05) is 12.1 Å². The summed E-state index contributed by atoms with van der Waals surface area (Å²) in [6, 6.07) is 5.22. The molecule has 114 valence electrons. The van der Waals surface area contributed by atoms with Crippen molar-refractivity contribution in [2.24, 2.45) is 0 Å². The van der Waals surface area contributed by atoms with Gasteiger partial charge >= 0.3 is 6.03 Å². The molecule has 1 aliphatic heterocycles. The van der Waals surface area contributed by atoms with Gasteiger partial charge in [-0.15, -0.1) is 0 Å². The maximum Gasteiger partial charge on any atom is 0.316 e. The molecule has 3 N–H and O–H groups in total. The Kier molecular flexibility index (Phi) is 4.86. The van der Waals surface area contributed by atoms with Crippen molar-refractivity contribution in [3.63, 3.8) is 0 Å². The van der Waals surface area contributed by atoms with Crippen LogP contribution in [0.5, 0.6) is 5.75 Å². The van der Waals surface area contributed by atoms with Crippen LogP contribution in [-0.4, -0.2) is 57.2 Å². The van der Waals surface area contributed by atoms with Crippen molar-refractivity contribution in [3.05, 3.63) is 23.8 Å². The molecule has 1 aromatic rings. The number of hydrogen-bond acceptors (Lipinski definition) is 4. The lowest BCUT2D eigenvalue weighted by Gasteiger charge is -2.21.